The molecule has 2 aromatic carbocycles. The van der Waals surface area contributed by atoms with Gasteiger partial charge in [0.2, 0.25) is 11.7 Å². The van der Waals surface area contributed by atoms with Crippen LogP contribution in [0, 0.1) is 0 Å². The number of amides is 1. The number of hydrogen-bond acceptors (Lipinski definition) is 6. The first-order valence-electron chi connectivity index (χ1n) is 12.6. The number of nitrogens with zero attached hydrogens (tertiary/aromatic N) is 2. The Hall–Kier alpha value is -3.16. The highest BCUT2D eigenvalue weighted by Gasteiger charge is 2.31. The van der Waals surface area contributed by atoms with E-state index in [0.717, 1.165) is 58.7 Å². The zero-order chi connectivity index (χ0) is 26.7. The van der Waals surface area contributed by atoms with E-state index in [2.05, 4.69) is 38.1 Å². The van der Waals surface area contributed by atoms with Crippen molar-refractivity contribution in [3.63, 3.8) is 0 Å². The monoisotopic (exact) mass is 542 g/mol. The average Bonchev–Trinajstić information content (AvgIpc) is 3.50. The van der Waals surface area contributed by atoms with Crippen LogP contribution in [0.5, 0.6) is 23.0 Å². The summed E-state index contributed by atoms with van der Waals surface area (Å²) in [6.45, 7) is 3.71. The van der Waals surface area contributed by atoms with Gasteiger partial charge in [0, 0.05) is 19.1 Å². The molecule has 0 bridgehead atoms. The van der Waals surface area contributed by atoms with Crippen molar-refractivity contribution in [1.29, 1.82) is 0 Å². The average molecular weight is 543 g/mol. The minimum absolute atomic E-state index is 0. The predicted octanol–water partition coefficient (Wildman–Crippen LogP) is 5.11. The van der Waals surface area contributed by atoms with Crippen molar-refractivity contribution in [2.75, 3.05) is 55.6 Å². The fourth-order valence-corrected chi connectivity index (χ4v) is 5.32. The van der Waals surface area contributed by atoms with E-state index < -0.39 is 0 Å². The van der Waals surface area contributed by atoms with Crippen LogP contribution in [-0.4, -0.2) is 77.4 Å². The Balaban J connectivity index is 0.00000400. The summed E-state index contributed by atoms with van der Waals surface area (Å²) in [6.07, 6.45) is 4.29. The van der Waals surface area contributed by atoms with Gasteiger partial charge in [0.15, 0.2) is 11.5 Å². The minimum atomic E-state index is 0. The van der Waals surface area contributed by atoms with Crippen molar-refractivity contribution in [1.82, 2.24) is 9.80 Å². The molecular weight excluding hydrogens is 504 g/mol. The standard InChI is InChI=1S/C30H38N2O5.ClH/c1-19-23(10-8-20-14-27(35-5)30(37-7)28(15-20)36-6)24-11-9-22(34-4)16-26(24)25(19)17-29(33)32-13-12-21(18-32)31(2)3;/h9-11,14-16,21H,8,12-13,17-18H2,1-7H3;1H/b23-10-;/t21-;/m0./s1. The number of halogens is 1. The summed E-state index contributed by atoms with van der Waals surface area (Å²) in [5, 5.41) is 0. The van der Waals surface area contributed by atoms with Crippen LogP contribution in [0.1, 0.15) is 36.5 Å². The predicted molar refractivity (Wildman–Crippen MR) is 154 cm³/mol. The van der Waals surface area contributed by atoms with Crippen LogP contribution in [0.4, 0.5) is 0 Å². The van der Waals surface area contributed by atoms with Gasteiger partial charge in [-0.05, 0) is 91.5 Å². The van der Waals surface area contributed by atoms with Gasteiger partial charge in [0.25, 0.3) is 0 Å². The molecule has 7 nitrogen and oxygen atoms in total. The van der Waals surface area contributed by atoms with Crippen LogP contribution in [0.2, 0.25) is 0 Å². The Morgan fingerprint density at radius 1 is 1.00 bits per heavy atom. The lowest BCUT2D eigenvalue weighted by molar-refractivity contribution is -0.129. The van der Waals surface area contributed by atoms with E-state index in [9.17, 15) is 4.79 Å². The smallest absolute Gasteiger partial charge is 0.227 e. The highest BCUT2D eigenvalue weighted by Crippen LogP contribution is 2.45. The molecule has 1 fully saturated rings. The Labute approximate surface area is 232 Å². The number of rotatable bonds is 9. The van der Waals surface area contributed by atoms with E-state index in [4.69, 9.17) is 18.9 Å². The molecule has 206 valence electrons. The van der Waals surface area contributed by atoms with Crippen molar-refractivity contribution in [3.05, 3.63) is 58.7 Å². The summed E-state index contributed by atoms with van der Waals surface area (Å²) in [6, 6.07) is 10.5. The Morgan fingerprint density at radius 3 is 2.24 bits per heavy atom. The summed E-state index contributed by atoms with van der Waals surface area (Å²) < 4.78 is 22.1. The molecule has 0 unspecified atom stereocenters. The molecule has 2 aromatic rings. The maximum atomic E-state index is 13.3. The normalized spacial score (nSPS) is 17.5. The lowest BCUT2D eigenvalue weighted by Gasteiger charge is -2.21. The van der Waals surface area contributed by atoms with Crippen LogP contribution < -0.4 is 18.9 Å². The van der Waals surface area contributed by atoms with Gasteiger partial charge in [-0.25, -0.2) is 0 Å². The van der Waals surface area contributed by atoms with Crippen molar-refractivity contribution in [3.8, 4) is 23.0 Å². The second kappa shape index (κ2) is 12.6. The Morgan fingerprint density at radius 2 is 1.68 bits per heavy atom. The summed E-state index contributed by atoms with van der Waals surface area (Å²) in [5.41, 5.74) is 6.59. The Kier molecular flexibility index (Phi) is 9.74. The molecule has 0 N–H and O–H groups in total. The zero-order valence-electron chi connectivity index (χ0n) is 23.4. The molecule has 4 rings (SSSR count). The third-order valence-corrected chi connectivity index (χ3v) is 7.54. The van der Waals surface area contributed by atoms with Gasteiger partial charge in [0.05, 0.1) is 34.9 Å². The molecule has 1 aliphatic heterocycles. The van der Waals surface area contributed by atoms with Gasteiger partial charge in [-0.1, -0.05) is 12.1 Å². The first-order chi connectivity index (χ1) is 17.8. The highest BCUT2D eigenvalue weighted by molar-refractivity contribution is 6.04. The Bertz CT molecular complexity index is 1210. The van der Waals surface area contributed by atoms with Gasteiger partial charge in [-0.3, -0.25) is 4.79 Å². The van der Waals surface area contributed by atoms with Crippen LogP contribution in [0.15, 0.2) is 42.0 Å². The number of likely N-dealkylation sites (tertiary alicyclic amines) is 1. The topological polar surface area (TPSA) is 60.5 Å². The maximum Gasteiger partial charge on any atom is 0.227 e. The van der Waals surface area contributed by atoms with E-state index >= 15 is 0 Å². The lowest BCUT2D eigenvalue weighted by Crippen LogP contribution is -2.34. The molecule has 1 saturated heterocycles. The molecular formula is C30H39ClN2O5. The maximum absolute atomic E-state index is 13.3. The molecule has 0 aromatic heterocycles. The second-order valence-corrected chi connectivity index (χ2v) is 9.79. The first kappa shape index (κ1) is 29.4. The minimum Gasteiger partial charge on any atom is -0.497 e. The SMILES string of the molecule is COc1ccc2c(c1)C(CC(=O)N1CC[C@H](N(C)C)C1)=C(C)/C2=C/Cc1cc(OC)c(OC)c(OC)c1.Cl. The summed E-state index contributed by atoms with van der Waals surface area (Å²) >= 11 is 0. The molecule has 0 spiro atoms. The third-order valence-electron chi connectivity index (χ3n) is 7.54. The number of fused-ring (bicyclic) bond motifs is 1. The fraction of sp³-hybridized carbons (Fsp3) is 0.433. The van der Waals surface area contributed by atoms with Gasteiger partial charge in [-0.15, -0.1) is 12.4 Å². The van der Waals surface area contributed by atoms with E-state index in [0.29, 0.717) is 36.1 Å². The van der Waals surface area contributed by atoms with E-state index in [1.165, 1.54) is 0 Å². The quantitative estimate of drug-likeness (QED) is 0.439. The molecule has 1 amide bonds. The number of hydrogen-bond donors (Lipinski definition) is 0. The molecule has 1 atom stereocenters. The highest BCUT2D eigenvalue weighted by atomic mass is 35.5. The van der Waals surface area contributed by atoms with Gasteiger partial charge >= 0.3 is 0 Å². The third kappa shape index (κ3) is 5.79. The molecule has 0 radical (unpaired) electrons. The molecule has 1 heterocycles. The van der Waals surface area contributed by atoms with Crippen molar-refractivity contribution >= 4 is 29.5 Å². The number of allylic oxidation sites excluding steroid dienone is 3. The first-order valence-corrected chi connectivity index (χ1v) is 12.6. The fourth-order valence-electron chi connectivity index (χ4n) is 5.32. The van der Waals surface area contributed by atoms with Crippen molar-refractivity contribution in [2.24, 2.45) is 0 Å². The van der Waals surface area contributed by atoms with E-state index in [1.807, 2.05) is 29.2 Å². The summed E-state index contributed by atoms with van der Waals surface area (Å²) in [7, 11) is 10.7. The molecule has 8 heteroatoms. The second-order valence-electron chi connectivity index (χ2n) is 9.79. The number of methoxy groups -OCH3 is 4. The van der Waals surface area contributed by atoms with Gasteiger partial charge in [0.1, 0.15) is 5.75 Å². The molecule has 38 heavy (non-hydrogen) atoms. The zero-order valence-corrected chi connectivity index (χ0v) is 24.2. The number of benzene rings is 2. The molecule has 0 saturated carbocycles. The van der Waals surface area contributed by atoms with Crippen LogP contribution in [-0.2, 0) is 11.2 Å². The molecule has 2 aliphatic rings. The lowest BCUT2D eigenvalue weighted by atomic mass is 10.00. The summed E-state index contributed by atoms with van der Waals surface area (Å²) in [4.78, 5) is 17.6. The van der Waals surface area contributed by atoms with Crippen molar-refractivity contribution < 1.29 is 23.7 Å². The number of carbonyl (C=O) groups excluding carboxylic acids is 1. The van der Waals surface area contributed by atoms with Gasteiger partial charge in [-0.2, -0.15) is 0 Å². The van der Waals surface area contributed by atoms with Crippen LogP contribution in [0.25, 0.3) is 11.1 Å². The van der Waals surface area contributed by atoms with E-state index in [1.54, 1.807) is 28.4 Å². The number of likely N-dealkylation sites (N-methyl/N-ethyl adjacent to an activating group) is 1. The summed E-state index contributed by atoms with van der Waals surface area (Å²) in [5.74, 6) is 2.81. The van der Waals surface area contributed by atoms with Crippen molar-refractivity contribution in [2.45, 2.75) is 32.2 Å². The largest absolute Gasteiger partial charge is 0.497 e. The van der Waals surface area contributed by atoms with Crippen LogP contribution in [0.3, 0.4) is 0 Å². The number of ether oxygens (including phenoxy) is 4. The number of carbonyl (C=O) groups is 1. The molecule has 1 aliphatic carbocycles. The van der Waals surface area contributed by atoms with Crippen LogP contribution >= 0.6 is 12.4 Å². The van der Waals surface area contributed by atoms with E-state index in [-0.39, 0.29) is 18.3 Å². The van der Waals surface area contributed by atoms with Gasteiger partial charge < -0.3 is 28.7 Å².